The summed E-state index contributed by atoms with van der Waals surface area (Å²) in [5.41, 5.74) is 7.19. The summed E-state index contributed by atoms with van der Waals surface area (Å²) in [5.74, 6) is 1.68. The third kappa shape index (κ3) is 3.11. The predicted molar refractivity (Wildman–Crippen MR) is 84.0 cm³/mol. The van der Waals surface area contributed by atoms with Gasteiger partial charge in [-0.3, -0.25) is 0 Å². The van der Waals surface area contributed by atoms with Crippen LogP contribution in [-0.2, 0) is 0 Å². The van der Waals surface area contributed by atoms with Gasteiger partial charge in [0.25, 0.3) is 0 Å². The number of hydrogen-bond acceptors (Lipinski definition) is 5. The van der Waals surface area contributed by atoms with E-state index in [9.17, 15) is 0 Å². The van der Waals surface area contributed by atoms with Gasteiger partial charge in [0.2, 0.25) is 0 Å². The summed E-state index contributed by atoms with van der Waals surface area (Å²) in [6.07, 6.45) is 0.928. The Morgan fingerprint density at radius 3 is 2.80 bits per heavy atom. The minimum absolute atomic E-state index is 0.283. The minimum atomic E-state index is 0.283. The molecule has 1 atom stereocenters. The van der Waals surface area contributed by atoms with E-state index in [-0.39, 0.29) is 5.25 Å². The summed E-state index contributed by atoms with van der Waals surface area (Å²) in [5, 5.41) is 4.53. The molecule has 0 fully saturated rings. The predicted octanol–water partition coefficient (Wildman–Crippen LogP) is 3.70. The van der Waals surface area contributed by atoms with Gasteiger partial charge < -0.3 is 15.2 Å². The lowest BCUT2D eigenvalue weighted by atomic mass is 10.2. The molecule has 0 spiro atoms. The Bertz CT molecular complexity index is 557. The zero-order valence-corrected chi connectivity index (χ0v) is 12.7. The quantitative estimate of drug-likeness (QED) is 0.875. The van der Waals surface area contributed by atoms with E-state index in [1.165, 1.54) is 5.56 Å². The molecule has 1 aromatic carbocycles. The van der Waals surface area contributed by atoms with Crippen LogP contribution in [0, 0.1) is 0 Å². The Hall–Kier alpha value is -1.17. The number of hydrogen-bond donors (Lipinski definition) is 1. The number of ether oxygens (including phenoxy) is 2. The van der Waals surface area contributed by atoms with Crippen LogP contribution in [0.2, 0.25) is 0 Å². The topological polar surface area (TPSA) is 44.5 Å². The Labute approximate surface area is 127 Å². The number of benzene rings is 1. The van der Waals surface area contributed by atoms with E-state index in [4.69, 9.17) is 15.2 Å². The molecule has 3 nitrogen and oxygen atoms in total. The molecule has 1 aliphatic heterocycles. The monoisotopic (exact) mass is 307 g/mol. The molecule has 0 bridgehead atoms. The van der Waals surface area contributed by atoms with Crippen LogP contribution in [0.25, 0.3) is 0 Å². The van der Waals surface area contributed by atoms with Crippen LogP contribution < -0.4 is 15.2 Å². The zero-order valence-electron chi connectivity index (χ0n) is 11.1. The Balaban J connectivity index is 1.78. The molecule has 1 aromatic heterocycles. The fourth-order valence-corrected chi connectivity index (χ4v) is 3.92. The first-order chi connectivity index (χ1) is 9.86. The van der Waals surface area contributed by atoms with Crippen molar-refractivity contribution in [3.63, 3.8) is 0 Å². The van der Waals surface area contributed by atoms with Crippen molar-refractivity contribution in [2.24, 2.45) is 5.73 Å². The van der Waals surface area contributed by atoms with E-state index >= 15 is 0 Å². The van der Waals surface area contributed by atoms with Crippen molar-refractivity contribution in [2.45, 2.75) is 16.6 Å². The maximum absolute atomic E-state index is 5.90. The average Bonchev–Trinajstić information content (AvgIpc) is 2.90. The van der Waals surface area contributed by atoms with Crippen molar-refractivity contribution in [2.75, 3.05) is 19.8 Å². The molecule has 0 aliphatic carbocycles. The van der Waals surface area contributed by atoms with Crippen molar-refractivity contribution in [3.8, 4) is 11.5 Å². The molecule has 0 saturated heterocycles. The Morgan fingerprint density at radius 1 is 1.20 bits per heavy atom. The first-order valence-electron chi connectivity index (χ1n) is 6.65. The summed E-state index contributed by atoms with van der Waals surface area (Å²) >= 11 is 3.48. The standard InChI is InChI=1S/C15H17NO2S2/c16-9-15(11-4-7-19-10-11)20-12-2-3-13-14(8-12)18-6-1-5-17-13/h2-4,7-8,10,15H,1,5-6,9,16H2. The number of fused-ring (bicyclic) bond motifs is 1. The lowest BCUT2D eigenvalue weighted by Gasteiger charge is -2.14. The molecule has 2 aromatic rings. The van der Waals surface area contributed by atoms with Crippen molar-refractivity contribution < 1.29 is 9.47 Å². The lowest BCUT2D eigenvalue weighted by Crippen LogP contribution is -2.08. The van der Waals surface area contributed by atoms with Crippen LogP contribution in [0.3, 0.4) is 0 Å². The molecule has 0 amide bonds. The van der Waals surface area contributed by atoms with Crippen LogP contribution in [-0.4, -0.2) is 19.8 Å². The minimum Gasteiger partial charge on any atom is -0.490 e. The Morgan fingerprint density at radius 2 is 2.05 bits per heavy atom. The van der Waals surface area contributed by atoms with Gasteiger partial charge in [0.05, 0.1) is 13.2 Å². The zero-order chi connectivity index (χ0) is 13.8. The van der Waals surface area contributed by atoms with E-state index in [0.717, 1.165) is 29.4 Å². The Kier molecular flexibility index (Phi) is 4.50. The molecule has 0 radical (unpaired) electrons. The van der Waals surface area contributed by atoms with Crippen LogP contribution in [0.15, 0.2) is 39.9 Å². The molecule has 5 heteroatoms. The smallest absolute Gasteiger partial charge is 0.162 e. The highest BCUT2D eigenvalue weighted by molar-refractivity contribution is 7.99. The van der Waals surface area contributed by atoms with Crippen molar-refractivity contribution in [1.29, 1.82) is 0 Å². The first-order valence-corrected chi connectivity index (χ1v) is 8.47. The molecule has 1 aliphatic rings. The van der Waals surface area contributed by atoms with Crippen LogP contribution >= 0.6 is 23.1 Å². The SMILES string of the molecule is NCC(Sc1ccc2c(c1)OCCCO2)c1ccsc1. The number of rotatable bonds is 4. The maximum atomic E-state index is 5.90. The molecular weight excluding hydrogens is 290 g/mol. The van der Waals surface area contributed by atoms with Gasteiger partial charge in [0, 0.05) is 23.1 Å². The van der Waals surface area contributed by atoms with Crippen molar-refractivity contribution in [1.82, 2.24) is 0 Å². The summed E-state index contributed by atoms with van der Waals surface area (Å²) < 4.78 is 11.4. The largest absolute Gasteiger partial charge is 0.490 e. The van der Waals surface area contributed by atoms with E-state index in [0.29, 0.717) is 13.2 Å². The van der Waals surface area contributed by atoms with Gasteiger partial charge >= 0.3 is 0 Å². The lowest BCUT2D eigenvalue weighted by molar-refractivity contribution is 0.297. The molecular formula is C15H17NO2S2. The molecule has 2 heterocycles. The number of thiophene rings is 1. The van der Waals surface area contributed by atoms with Gasteiger partial charge in [-0.1, -0.05) is 0 Å². The third-order valence-corrected chi connectivity index (χ3v) is 5.10. The highest BCUT2D eigenvalue weighted by Crippen LogP contribution is 2.39. The summed E-state index contributed by atoms with van der Waals surface area (Å²) in [7, 11) is 0. The van der Waals surface area contributed by atoms with E-state index < -0.39 is 0 Å². The maximum Gasteiger partial charge on any atom is 0.162 e. The second kappa shape index (κ2) is 6.52. The van der Waals surface area contributed by atoms with Crippen LogP contribution in [0.1, 0.15) is 17.2 Å². The van der Waals surface area contributed by atoms with E-state index in [1.54, 1.807) is 23.1 Å². The molecule has 20 heavy (non-hydrogen) atoms. The van der Waals surface area contributed by atoms with Gasteiger partial charge in [-0.25, -0.2) is 0 Å². The van der Waals surface area contributed by atoms with Gasteiger partial charge in [0.1, 0.15) is 0 Å². The highest BCUT2D eigenvalue weighted by atomic mass is 32.2. The van der Waals surface area contributed by atoms with Crippen LogP contribution in [0.5, 0.6) is 11.5 Å². The normalized spacial score (nSPS) is 15.7. The number of thioether (sulfide) groups is 1. The molecule has 2 N–H and O–H groups in total. The van der Waals surface area contributed by atoms with E-state index in [1.807, 2.05) is 6.07 Å². The highest BCUT2D eigenvalue weighted by Gasteiger charge is 2.15. The summed E-state index contributed by atoms with van der Waals surface area (Å²) in [6, 6.07) is 8.26. The van der Waals surface area contributed by atoms with Crippen LogP contribution in [0.4, 0.5) is 0 Å². The van der Waals surface area contributed by atoms with Gasteiger partial charge in [0.15, 0.2) is 11.5 Å². The molecule has 3 rings (SSSR count). The molecule has 0 saturated carbocycles. The van der Waals surface area contributed by atoms with Crippen molar-refractivity contribution >= 4 is 23.1 Å². The summed E-state index contributed by atoms with van der Waals surface area (Å²) in [6.45, 7) is 2.06. The fraction of sp³-hybridized carbons (Fsp3) is 0.333. The van der Waals surface area contributed by atoms with Gasteiger partial charge in [-0.05, 0) is 40.6 Å². The molecule has 1 unspecified atom stereocenters. The van der Waals surface area contributed by atoms with E-state index in [2.05, 4.69) is 29.0 Å². The van der Waals surface area contributed by atoms with Crippen molar-refractivity contribution in [3.05, 3.63) is 40.6 Å². The number of nitrogens with two attached hydrogens (primary N) is 1. The summed E-state index contributed by atoms with van der Waals surface area (Å²) in [4.78, 5) is 1.16. The third-order valence-electron chi connectivity index (χ3n) is 3.13. The van der Waals surface area contributed by atoms with Gasteiger partial charge in [-0.15, -0.1) is 11.8 Å². The second-order valence-corrected chi connectivity index (χ2v) is 6.61. The average molecular weight is 307 g/mol. The molecule has 106 valence electrons. The fourth-order valence-electron chi connectivity index (χ4n) is 2.09. The first kappa shape index (κ1) is 13.8. The second-order valence-electron chi connectivity index (χ2n) is 4.56. The van der Waals surface area contributed by atoms with Gasteiger partial charge in [-0.2, -0.15) is 11.3 Å².